The summed E-state index contributed by atoms with van der Waals surface area (Å²) in [6, 6.07) is 8.06. The van der Waals surface area contributed by atoms with Crippen LogP contribution in [0.25, 0.3) is 0 Å². The fourth-order valence-electron chi connectivity index (χ4n) is 0.545. The molecule has 0 amide bonds. The lowest BCUT2D eigenvalue weighted by Crippen LogP contribution is -1.67. The van der Waals surface area contributed by atoms with Crippen molar-refractivity contribution >= 4 is 21.9 Å². The molecule has 1 aromatic rings. The molecule has 1 atom stereocenters. The highest BCUT2D eigenvalue weighted by Crippen LogP contribution is 2.05. The normalized spacial score (nSPS) is 8.00. The molecule has 0 saturated heterocycles. The van der Waals surface area contributed by atoms with Crippen LogP contribution < -0.4 is 0 Å². The Labute approximate surface area is 70.7 Å². The largest absolute Gasteiger partial charge is 0.143 e. The first kappa shape index (κ1) is 10.0. The standard InChI is InChI=1S/C7H8S.CH5P/c1-6-2-4-7(8)5-3-6;1-2/h2-5,8H,1H3;2H2,1H3. The predicted octanol–water partition coefficient (Wildman–Crippen LogP) is 2.78. The van der Waals surface area contributed by atoms with Crippen molar-refractivity contribution in [3.05, 3.63) is 29.8 Å². The van der Waals surface area contributed by atoms with Crippen LogP contribution in [-0.4, -0.2) is 6.66 Å². The van der Waals surface area contributed by atoms with Crippen LogP contribution in [0.4, 0.5) is 0 Å². The fraction of sp³-hybridized carbons (Fsp3) is 0.250. The SMILES string of the molecule is CP.Cc1ccc(S)cc1. The second-order valence-corrected chi connectivity index (χ2v) is 2.35. The van der Waals surface area contributed by atoms with Gasteiger partial charge in [0, 0.05) is 4.90 Å². The summed E-state index contributed by atoms with van der Waals surface area (Å²) in [6.07, 6.45) is 0. The van der Waals surface area contributed by atoms with Gasteiger partial charge in [-0.25, -0.2) is 0 Å². The molecule has 0 heterocycles. The molecule has 0 fully saturated rings. The first-order valence-electron chi connectivity index (χ1n) is 3.12. The molecular formula is C8H13PS. The first-order valence-corrected chi connectivity index (χ1v) is 4.72. The van der Waals surface area contributed by atoms with Crippen LogP contribution in [0.2, 0.25) is 0 Å². The van der Waals surface area contributed by atoms with Crippen LogP contribution in [0.5, 0.6) is 0 Å². The topological polar surface area (TPSA) is 0 Å². The minimum Gasteiger partial charge on any atom is -0.143 e. The maximum absolute atomic E-state index is 4.13. The van der Waals surface area contributed by atoms with Crippen LogP contribution in [0, 0.1) is 6.92 Å². The van der Waals surface area contributed by atoms with Crippen LogP contribution in [0.3, 0.4) is 0 Å². The zero-order valence-corrected chi connectivity index (χ0v) is 8.38. The zero-order chi connectivity index (χ0) is 7.98. The van der Waals surface area contributed by atoms with Crippen molar-refractivity contribution in [1.82, 2.24) is 0 Å². The summed E-state index contributed by atoms with van der Waals surface area (Å²) < 4.78 is 0. The summed E-state index contributed by atoms with van der Waals surface area (Å²) in [5.41, 5.74) is 1.28. The second-order valence-electron chi connectivity index (χ2n) is 1.84. The molecule has 0 radical (unpaired) electrons. The summed E-state index contributed by atoms with van der Waals surface area (Å²) in [4.78, 5) is 1.02. The number of thiol groups is 1. The van der Waals surface area contributed by atoms with E-state index in [4.69, 9.17) is 0 Å². The zero-order valence-electron chi connectivity index (χ0n) is 6.33. The van der Waals surface area contributed by atoms with Gasteiger partial charge in [-0.15, -0.1) is 21.9 Å². The highest BCUT2D eigenvalue weighted by molar-refractivity contribution is 7.80. The van der Waals surface area contributed by atoms with Gasteiger partial charge in [-0.05, 0) is 19.1 Å². The molecule has 0 nitrogen and oxygen atoms in total. The average Bonchev–Trinajstić information content (AvgIpc) is 2.00. The monoisotopic (exact) mass is 172 g/mol. The molecule has 0 N–H and O–H groups in total. The van der Waals surface area contributed by atoms with E-state index in [1.54, 1.807) is 0 Å². The number of benzene rings is 1. The molecule has 0 aliphatic carbocycles. The minimum absolute atomic E-state index is 1.02. The van der Waals surface area contributed by atoms with E-state index >= 15 is 0 Å². The summed E-state index contributed by atoms with van der Waals surface area (Å²) in [7, 11) is 2.42. The molecule has 1 rings (SSSR count). The molecule has 0 aliphatic heterocycles. The lowest BCUT2D eigenvalue weighted by atomic mass is 10.2. The maximum atomic E-state index is 4.13. The van der Waals surface area contributed by atoms with Gasteiger partial charge >= 0.3 is 0 Å². The van der Waals surface area contributed by atoms with Crippen molar-refractivity contribution in [2.45, 2.75) is 11.8 Å². The summed E-state index contributed by atoms with van der Waals surface area (Å²) >= 11 is 4.13. The Morgan fingerprint density at radius 1 is 1.10 bits per heavy atom. The van der Waals surface area contributed by atoms with Gasteiger partial charge in [0.25, 0.3) is 0 Å². The Hall–Kier alpha value is -0.0000000000000000555. The van der Waals surface area contributed by atoms with E-state index in [0.717, 1.165) is 4.90 Å². The fourth-order valence-corrected chi connectivity index (χ4v) is 0.694. The van der Waals surface area contributed by atoms with Gasteiger partial charge in [-0.1, -0.05) is 24.4 Å². The Morgan fingerprint density at radius 2 is 1.50 bits per heavy atom. The molecule has 0 bridgehead atoms. The van der Waals surface area contributed by atoms with Gasteiger partial charge in [0.2, 0.25) is 0 Å². The summed E-state index contributed by atoms with van der Waals surface area (Å²) in [5.74, 6) is 0. The Kier molecular flexibility index (Phi) is 5.76. The van der Waals surface area contributed by atoms with Crippen molar-refractivity contribution in [2.75, 3.05) is 6.66 Å². The predicted molar refractivity (Wildman–Crippen MR) is 54.1 cm³/mol. The van der Waals surface area contributed by atoms with E-state index < -0.39 is 0 Å². The molecule has 0 saturated carbocycles. The Balaban J connectivity index is 0.000000371. The lowest BCUT2D eigenvalue weighted by molar-refractivity contribution is 1.39. The van der Waals surface area contributed by atoms with E-state index in [1.165, 1.54) is 5.56 Å². The molecule has 2 heteroatoms. The van der Waals surface area contributed by atoms with E-state index in [1.807, 2.05) is 30.9 Å². The third-order valence-corrected chi connectivity index (χ3v) is 1.33. The highest BCUT2D eigenvalue weighted by atomic mass is 32.1. The van der Waals surface area contributed by atoms with Crippen LogP contribution in [-0.2, 0) is 0 Å². The van der Waals surface area contributed by atoms with Gasteiger partial charge in [0.05, 0.1) is 0 Å². The molecule has 1 aromatic carbocycles. The van der Waals surface area contributed by atoms with E-state index in [9.17, 15) is 0 Å². The lowest BCUT2D eigenvalue weighted by Gasteiger charge is -1.89. The number of aryl methyl sites for hydroxylation is 1. The number of hydrogen-bond acceptors (Lipinski definition) is 1. The number of hydrogen-bond donors (Lipinski definition) is 1. The average molecular weight is 172 g/mol. The third-order valence-electron chi connectivity index (χ3n) is 1.03. The first-order chi connectivity index (χ1) is 4.79. The molecular weight excluding hydrogens is 159 g/mol. The van der Waals surface area contributed by atoms with Crippen molar-refractivity contribution in [3.8, 4) is 0 Å². The molecule has 0 spiro atoms. The van der Waals surface area contributed by atoms with Gasteiger partial charge in [0.1, 0.15) is 0 Å². The number of rotatable bonds is 0. The van der Waals surface area contributed by atoms with Gasteiger partial charge in [-0.3, -0.25) is 0 Å². The van der Waals surface area contributed by atoms with E-state index in [0.29, 0.717) is 0 Å². The van der Waals surface area contributed by atoms with Gasteiger partial charge < -0.3 is 0 Å². The van der Waals surface area contributed by atoms with Crippen molar-refractivity contribution < 1.29 is 0 Å². The summed E-state index contributed by atoms with van der Waals surface area (Å²) in [5, 5.41) is 0. The smallest absolute Gasteiger partial charge is 0.00401 e. The summed E-state index contributed by atoms with van der Waals surface area (Å²) in [6.45, 7) is 3.98. The second kappa shape index (κ2) is 5.76. The van der Waals surface area contributed by atoms with Crippen molar-refractivity contribution in [1.29, 1.82) is 0 Å². The molecule has 0 aromatic heterocycles. The van der Waals surface area contributed by atoms with Crippen molar-refractivity contribution in [3.63, 3.8) is 0 Å². The minimum atomic E-state index is 1.02. The van der Waals surface area contributed by atoms with E-state index in [2.05, 4.69) is 28.8 Å². The Bertz CT molecular complexity index is 148. The highest BCUT2D eigenvalue weighted by Gasteiger charge is 1.80. The quantitative estimate of drug-likeness (QED) is 0.451. The van der Waals surface area contributed by atoms with Crippen LogP contribution in [0.1, 0.15) is 5.56 Å². The molecule has 1 unspecified atom stereocenters. The maximum Gasteiger partial charge on any atom is 0.00401 e. The van der Waals surface area contributed by atoms with Crippen LogP contribution >= 0.6 is 21.9 Å². The van der Waals surface area contributed by atoms with Gasteiger partial charge in [-0.2, -0.15) is 0 Å². The third kappa shape index (κ3) is 3.92. The van der Waals surface area contributed by atoms with E-state index in [-0.39, 0.29) is 0 Å². The van der Waals surface area contributed by atoms with Gasteiger partial charge in [0.15, 0.2) is 0 Å². The molecule has 56 valence electrons. The van der Waals surface area contributed by atoms with Crippen molar-refractivity contribution in [2.24, 2.45) is 0 Å². The molecule has 10 heavy (non-hydrogen) atoms. The molecule has 0 aliphatic rings. The Morgan fingerprint density at radius 3 is 1.80 bits per heavy atom. The van der Waals surface area contributed by atoms with Crippen LogP contribution in [0.15, 0.2) is 29.2 Å².